The first-order valence-corrected chi connectivity index (χ1v) is 6.44. The van der Waals surface area contributed by atoms with Crippen LogP contribution in [-0.2, 0) is 4.74 Å². The van der Waals surface area contributed by atoms with Crippen LogP contribution in [0.4, 0.5) is 0 Å². The van der Waals surface area contributed by atoms with Crippen LogP contribution >= 0.6 is 0 Å². The van der Waals surface area contributed by atoms with Crippen molar-refractivity contribution in [3.8, 4) is 0 Å². The summed E-state index contributed by atoms with van der Waals surface area (Å²) in [4.78, 5) is 2.47. The predicted octanol–water partition coefficient (Wildman–Crippen LogP) is 1.49. The van der Waals surface area contributed by atoms with Gasteiger partial charge in [-0.3, -0.25) is 4.90 Å². The minimum atomic E-state index is 0.909. The molecule has 1 aliphatic heterocycles. The maximum atomic E-state index is 5.62. The molecular formula is C12H26N2O. The molecule has 0 unspecified atom stereocenters. The topological polar surface area (TPSA) is 24.5 Å². The van der Waals surface area contributed by atoms with Crippen LogP contribution in [0.2, 0.25) is 0 Å². The van der Waals surface area contributed by atoms with Gasteiger partial charge in [0.2, 0.25) is 0 Å². The fourth-order valence-electron chi connectivity index (χ4n) is 1.86. The second kappa shape index (κ2) is 9.13. The normalized spacial score (nSPS) is 18.2. The van der Waals surface area contributed by atoms with Gasteiger partial charge in [0.15, 0.2) is 0 Å². The molecule has 1 aliphatic rings. The van der Waals surface area contributed by atoms with Crippen molar-refractivity contribution >= 4 is 0 Å². The van der Waals surface area contributed by atoms with Crippen molar-refractivity contribution in [2.24, 2.45) is 0 Å². The van der Waals surface area contributed by atoms with Crippen molar-refractivity contribution in [3.05, 3.63) is 0 Å². The van der Waals surface area contributed by atoms with Crippen LogP contribution in [0.1, 0.15) is 32.6 Å². The van der Waals surface area contributed by atoms with Crippen LogP contribution in [0.25, 0.3) is 0 Å². The molecule has 0 amide bonds. The molecule has 1 heterocycles. The summed E-state index contributed by atoms with van der Waals surface area (Å²) >= 11 is 0. The monoisotopic (exact) mass is 214 g/mol. The molecule has 0 spiro atoms. The van der Waals surface area contributed by atoms with Gasteiger partial charge in [-0.15, -0.1) is 0 Å². The van der Waals surface area contributed by atoms with E-state index in [1.165, 1.54) is 38.8 Å². The molecule has 1 saturated heterocycles. The van der Waals surface area contributed by atoms with Gasteiger partial charge in [0.05, 0.1) is 6.61 Å². The summed E-state index contributed by atoms with van der Waals surface area (Å²) in [6, 6.07) is 0. The first-order valence-electron chi connectivity index (χ1n) is 6.44. The minimum Gasteiger partial charge on any atom is -0.380 e. The number of rotatable bonds is 8. The van der Waals surface area contributed by atoms with Crippen molar-refractivity contribution in [1.82, 2.24) is 10.2 Å². The first-order chi connectivity index (χ1) is 7.43. The van der Waals surface area contributed by atoms with Gasteiger partial charge in [-0.1, -0.05) is 26.2 Å². The zero-order valence-electron chi connectivity index (χ0n) is 10.1. The van der Waals surface area contributed by atoms with Crippen molar-refractivity contribution in [2.45, 2.75) is 32.6 Å². The molecule has 0 radical (unpaired) electrons. The minimum absolute atomic E-state index is 0.909. The Hall–Kier alpha value is -0.120. The largest absolute Gasteiger partial charge is 0.380 e. The molecule has 0 aromatic rings. The zero-order valence-corrected chi connectivity index (χ0v) is 10.1. The van der Waals surface area contributed by atoms with Gasteiger partial charge in [-0.25, -0.2) is 0 Å². The van der Waals surface area contributed by atoms with Crippen LogP contribution in [0.15, 0.2) is 0 Å². The number of unbranched alkanes of at least 4 members (excludes halogenated alkanes) is 3. The van der Waals surface area contributed by atoms with Crippen molar-refractivity contribution in [2.75, 3.05) is 45.9 Å². The maximum Gasteiger partial charge on any atom is 0.0593 e. The van der Waals surface area contributed by atoms with Gasteiger partial charge in [0.1, 0.15) is 0 Å². The number of hydrogen-bond donors (Lipinski definition) is 1. The Labute approximate surface area is 94.2 Å². The van der Waals surface area contributed by atoms with Crippen LogP contribution in [0.3, 0.4) is 0 Å². The van der Waals surface area contributed by atoms with E-state index in [2.05, 4.69) is 17.1 Å². The Morgan fingerprint density at radius 3 is 2.60 bits per heavy atom. The van der Waals surface area contributed by atoms with E-state index in [1.54, 1.807) is 0 Å². The Kier molecular flexibility index (Phi) is 7.88. The van der Waals surface area contributed by atoms with Crippen molar-refractivity contribution < 1.29 is 4.74 Å². The number of ether oxygens (including phenoxy) is 1. The quantitative estimate of drug-likeness (QED) is 0.620. The molecule has 0 bridgehead atoms. The summed E-state index contributed by atoms with van der Waals surface area (Å²) in [6.07, 6.45) is 5.21. The summed E-state index contributed by atoms with van der Waals surface area (Å²) in [6.45, 7) is 9.84. The van der Waals surface area contributed by atoms with E-state index in [0.717, 1.165) is 32.8 Å². The lowest BCUT2D eigenvalue weighted by atomic mass is 10.2. The Balaban J connectivity index is 1.79. The molecule has 3 heteroatoms. The van der Waals surface area contributed by atoms with Gasteiger partial charge in [-0.2, -0.15) is 0 Å². The SMILES string of the molecule is CCCCCCOCCN1CCNCC1. The third-order valence-electron chi connectivity index (χ3n) is 2.90. The lowest BCUT2D eigenvalue weighted by molar-refractivity contribution is 0.0963. The molecule has 0 saturated carbocycles. The van der Waals surface area contributed by atoms with E-state index in [0.29, 0.717) is 0 Å². The number of piperazine rings is 1. The smallest absolute Gasteiger partial charge is 0.0593 e. The fourth-order valence-corrected chi connectivity index (χ4v) is 1.86. The fraction of sp³-hybridized carbons (Fsp3) is 1.00. The summed E-state index contributed by atoms with van der Waals surface area (Å²) in [5.74, 6) is 0. The third-order valence-corrected chi connectivity index (χ3v) is 2.90. The highest BCUT2D eigenvalue weighted by atomic mass is 16.5. The zero-order chi connectivity index (χ0) is 10.8. The summed E-state index contributed by atoms with van der Waals surface area (Å²) in [5, 5.41) is 3.36. The van der Waals surface area contributed by atoms with Crippen LogP contribution < -0.4 is 5.32 Å². The van der Waals surface area contributed by atoms with E-state index < -0.39 is 0 Å². The van der Waals surface area contributed by atoms with Crippen LogP contribution in [0.5, 0.6) is 0 Å². The molecule has 0 aromatic heterocycles. The summed E-state index contributed by atoms with van der Waals surface area (Å²) < 4.78 is 5.62. The van der Waals surface area contributed by atoms with Gasteiger partial charge in [0.25, 0.3) is 0 Å². The molecule has 90 valence electrons. The molecule has 0 atom stereocenters. The summed E-state index contributed by atoms with van der Waals surface area (Å²) in [7, 11) is 0. The lowest BCUT2D eigenvalue weighted by Gasteiger charge is -2.26. The van der Waals surface area contributed by atoms with E-state index in [4.69, 9.17) is 4.74 Å². The van der Waals surface area contributed by atoms with Gasteiger partial charge >= 0.3 is 0 Å². The number of nitrogens with zero attached hydrogens (tertiary/aromatic N) is 1. The van der Waals surface area contributed by atoms with E-state index >= 15 is 0 Å². The Morgan fingerprint density at radius 2 is 1.87 bits per heavy atom. The van der Waals surface area contributed by atoms with Crippen molar-refractivity contribution in [1.29, 1.82) is 0 Å². The highest BCUT2D eigenvalue weighted by Crippen LogP contribution is 1.99. The Bertz CT molecular complexity index is 136. The molecule has 15 heavy (non-hydrogen) atoms. The van der Waals surface area contributed by atoms with Crippen LogP contribution in [-0.4, -0.2) is 50.8 Å². The van der Waals surface area contributed by atoms with E-state index in [-0.39, 0.29) is 0 Å². The third kappa shape index (κ3) is 6.88. The predicted molar refractivity (Wildman–Crippen MR) is 64.3 cm³/mol. The highest BCUT2D eigenvalue weighted by molar-refractivity contribution is 4.66. The summed E-state index contributed by atoms with van der Waals surface area (Å²) in [5.41, 5.74) is 0. The molecule has 3 nitrogen and oxygen atoms in total. The molecule has 0 aliphatic carbocycles. The van der Waals surface area contributed by atoms with Crippen molar-refractivity contribution in [3.63, 3.8) is 0 Å². The molecule has 1 rings (SSSR count). The van der Waals surface area contributed by atoms with Crippen LogP contribution in [0, 0.1) is 0 Å². The lowest BCUT2D eigenvalue weighted by Crippen LogP contribution is -2.44. The molecular weight excluding hydrogens is 188 g/mol. The first kappa shape index (κ1) is 12.9. The van der Waals surface area contributed by atoms with E-state index in [1.807, 2.05) is 0 Å². The van der Waals surface area contributed by atoms with Gasteiger partial charge in [-0.05, 0) is 6.42 Å². The van der Waals surface area contributed by atoms with E-state index in [9.17, 15) is 0 Å². The molecule has 1 fully saturated rings. The Morgan fingerprint density at radius 1 is 1.07 bits per heavy atom. The number of nitrogens with one attached hydrogen (secondary N) is 1. The molecule has 0 aromatic carbocycles. The van der Waals surface area contributed by atoms with Gasteiger partial charge < -0.3 is 10.1 Å². The molecule has 1 N–H and O–H groups in total. The second-order valence-corrected chi connectivity index (χ2v) is 4.26. The second-order valence-electron chi connectivity index (χ2n) is 4.26. The average Bonchev–Trinajstić information content (AvgIpc) is 2.29. The van der Waals surface area contributed by atoms with Gasteiger partial charge in [0, 0.05) is 39.3 Å². The average molecular weight is 214 g/mol. The standard InChI is InChI=1S/C12H26N2O/c1-2-3-4-5-11-15-12-10-14-8-6-13-7-9-14/h13H,2-12H2,1H3. The maximum absolute atomic E-state index is 5.62. The highest BCUT2D eigenvalue weighted by Gasteiger charge is 2.07. The number of hydrogen-bond acceptors (Lipinski definition) is 3.